The van der Waals surface area contributed by atoms with E-state index in [-0.39, 0.29) is 5.97 Å². The second kappa shape index (κ2) is 6.45. The number of esters is 1. The van der Waals surface area contributed by atoms with Gasteiger partial charge in [0.2, 0.25) is 0 Å². The minimum atomic E-state index is -0.643. The number of benzene rings is 19. The van der Waals surface area contributed by atoms with E-state index in [9.17, 15) is 0 Å². The van der Waals surface area contributed by atoms with Crippen LogP contribution in [0.25, 0.3) is 291 Å². The van der Waals surface area contributed by atoms with Crippen LogP contribution >= 0.6 is 0 Å². The number of carbonyl (C=O) groups is 1. The minimum Gasteiger partial charge on any atom is -0.453 e. The van der Waals surface area contributed by atoms with Crippen molar-refractivity contribution < 1.29 is 9.53 Å². The van der Waals surface area contributed by atoms with Crippen molar-refractivity contribution in [3.05, 3.63) is 69.3 Å². The quantitative estimate of drug-likeness (QED) is 0.0981. The smallest absolute Gasteiger partial charge is 0.338 e. The van der Waals surface area contributed by atoms with Crippen molar-refractivity contribution in [3.63, 3.8) is 0 Å². The second-order valence-corrected chi connectivity index (χ2v) is 26.9. The van der Waals surface area contributed by atoms with Gasteiger partial charge in [-0.2, -0.15) is 0 Å². The Morgan fingerprint density at radius 3 is 0.716 bits per heavy atom. The molecule has 0 radical (unpaired) electrons. The standard InChI is InChI=1S/C72H12O2/c1-8(2)64-69(74-70(73)9-6-4-3-5-7-9)72-67-60-54-44-36-26-18-14-11-10-12-16(18)24-32(26)46(54)52-42-34(24)28-20(12)21-13(10)17-19-15(11)23-22(14)30(36)40-41-31(23)37-27(19)33-25(17)35-29(21)39-38(28)48(42)56-57-49(39)43(35)53-47(33)55-45(37)51(41)63(62(67)50(40)44)68(72)61(55)59(53)66(57)71(64,72)65(56)58(52)60/h3-7,69H,1-2H3. The first-order valence-electron chi connectivity index (χ1n) is 27.4. The highest BCUT2D eigenvalue weighted by Crippen LogP contribution is 2.89. The fourth-order valence-electron chi connectivity index (χ4n) is 26.1. The molecule has 0 N–H and O–H groups in total. The second-order valence-electron chi connectivity index (χ2n) is 26.9. The van der Waals surface area contributed by atoms with E-state index in [1.54, 1.807) is 313 Å². The molecule has 5 aliphatic carbocycles. The number of hydrogen-bond donors (Lipinski definition) is 0. The fraction of sp³-hybridized carbons (Fsp3) is 0.0694. The van der Waals surface area contributed by atoms with Gasteiger partial charge in [-0.3, -0.25) is 0 Å². The summed E-state index contributed by atoms with van der Waals surface area (Å²) in [7, 11) is 0. The highest BCUT2D eigenvalue weighted by atomic mass is 16.5. The van der Waals surface area contributed by atoms with Crippen molar-refractivity contribution in [1.82, 2.24) is 0 Å². The molecule has 2 spiro atoms. The summed E-state index contributed by atoms with van der Waals surface area (Å²) in [5.41, 5.74) is 8.47. The Balaban J connectivity index is 1.11. The first-order chi connectivity index (χ1) is 36.7. The van der Waals surface area contributed by atoms with Gasteiger partial charge in [-0.15, -0.1) is 0 Å². The Hall–Kier alpha value is -9.11. The largest absolute Gasteiger partial charge is 0.453 e. The molecule has 1 atom stereocenters. The molecule has 0 aromatic heterocycles. The first kappa shape index (κ1) is 28.2. The molecule has 5 aliphatic rings. The van der Waals surface area contributed by atoms with Gasteiger partial charge in [-0.05, 0) is 345 Å². The molecule has 0 aliphatic heterocycles. The molecule has 1 unspecified atom stereocenters. The van der Waals surface area contributed by atoms with Gasteiger partial charge in [0.05, 0.1) is 16.4 Å². The fourth-order valence-corrected chi connectivity index (χ4v) is 26.1. The molecule has 2 heteroatoms. The normalized spacial score (nSPS) is 22.7. The minimum absolute atomic E-state index is 0.193. The van der Waals surface area contributed by atoms with Gasteiger partial charge in [0.25, 0.3) is 0 Å². The SMILES string of the molecule is CC(C)=C1C(OC(=O)c2ccccc2)C23c4c5c6c7c8c9c(c%10c%11c2c2c4c4c%12c5c5c6c6c8c8c%13c9c9c%10c%10c%11c%11c2c2c4c4c%12c%12c5c5c6c8c6c8c%13c9c9c%10c%10c%11c2c2c4c4c%12c5c6c5c8c9c%10c2c45)C173. The zero-order chi connectivity index (χ0) is 44.6. The lowest BCUT2D eigenvalue weighted by Gasteiger charge is -2.67. The van der Waals surface area contributed by atoms with E-state index in [2.05, 4.69) is 13.8 Å². The van der Waals surface area contributed by atoms with Gasteiger partial charge < -0.3 is 4.74 Å². The van der Waals surface area contributed by atoms with Crippen LogP contribution in [-0.4, -0.2) is 12.1 Å². The van der Waals surface area contributed by atoms with E-state index in [1.807, 2.05) is 30.3 Å². The van der Waals surface area contributed by atoms with E-state index in [0.29, 0.717) is 5.56 Å². The van der Waals surface area contributed by atoms with Crippen molar-refractivity contribution in [2.75, 3.05) is 0 Å². The lowest BCUT2D eigenvalue weighted by Crippen LogP contribution is -2.72. The topological polar surface area (TPSA) is 26.3 Å². The van der Waals surface area contributed by atoms with Crippen molar-refractivity contribution in [1.29, 1.82) is 0 Å². The third-order valence-corrected chi connectivity index (χ3v) is 26.2. The predicted octanol–water partition coefficient (Wildman–Crippen LogP) is 18.9. The average Bonchev–Trinajstić information content (AvgIpc) is 4.31. The third-order valence-electron chi connectivity index (χ3n) is 26.2. The van der Waals surface area contributed by atoms with Gasteiger partial charge >= 0.3 is 5.97 Å². The summed E-state index contributed by atoms with van der Waals surface area (Å²) < 4.78 is 7.66. The Morgan fingerprint density at radius 2 is 0.500 bits per heavy atom. The molecule has 1 saturated carbocycles. The van der Waals surface area contributed by atoms with Crippen LogP contribution in [0.2, 0.25) is 0 Å². The maximum Gasteiger partial charge on any atom is 0.338 e. The summed E-state index contributed by atoms with van der Waals surface area (Å²) in [6.07, 6.45) is -0.462. The van der Waals surface area contributed by atoms with Gasteiger partial charge in [0, 0.05) is 0 Å². The number of allylic oxidation sites excluding steroid dienone is 1. The zero-order valence-electron chi connectivity index (χ0n) is 38.3. The maximum atomic E-state index is 15.5. The number of hydrogen-bond acceptors (Lipinski definition) is 2. The van der Waals surface area contributed by atoms with Gasteiger partial charge in [0.1, 0.15) is 6.10 Å². The third kappa shape index (κ3) is 1.51. The van der Waals surface area contributed by atoms with E-state index in [0.717, 1.165) is 0 Å². The van der Waals surface area contributed by atoms with Crippen LogP contribution in [0.5, 0.6) is 0 Å². The Bertz CT molecular complexity index is 7450. The zero-order valence-corrected chi connectivity index (χ0v) is 38.3. The van der Waals surface area contributed by atoms with Crippen LogP contribution in [0.3, 0.4) is 0 Å². The molecular formula is C72H12O2. The molecule has 312 valence electrons. The van der Waals surface area contributed by atoms with E-state index in [1.165, 1.54) is 11.1 Å². The van der Waals surface area contributed by atoms with Crippen LogP contribution in [-0.2, 0) is 15.6 Å². The number of rotatable bonds is 2. The summed E-state index contributed by atoms with van der Waals surface area (Å²) in [6.45, 7) is 4.77. The monoisotopic (exact) mass is 908 g/mol. The molecule has 74 heavy (non-hydrogen) atoms. The summed E-state index contributed by atoms with van der Waals surface area (Å²) in [6, 6.07) is 9.99. The first-order valence-corrected chi connectivity index (χ1v) is 27.4. The Labute approximate surface area is 404 Å². The summed E-state index contributed by atoms with van der Waals surface area (Å²) in [5, 5.41) is 86.0. The lowest BCUT2D eigenvalue weighted by atomic mass is 9.34. The molecule has 0 bridgehead atoms. The molecule has 1 fully saturated rings. The summed E-state index contributed by atoms with van der Waals surface area (Å²) in [4.78, 5) is 15.5. The highest BCUT2D eigenvalue weighted by Gasteiger charge is 2.82. The molecule has 0 saturated heterocycles. The molecule has 0 amide bonds. The molecule has 29 aromatic rings. The average molecular weight is 909 g/mol. The van der Waals surface area contributed by atoms with Crippen LogP contribution in [0.4, 0.5) is 0 Å². The molecule has 0 heterocycles. The van der Waals surface area contributed by atoms with Crippen molar-refractivity contribution in [3.8, 4) is 0 Å². The molecule has 2 nitrogen and oxygen atoms in total. The van der Waals surface area contributed by atoms with Crippen LogP contribution < -0.4 is 0 Å². The molecule has 29 aromatic carbocycles. The number of carbonyl (C=O) groups excluding carboxylic acids is 1. The molecule has 34 rings (SSSR count). The Morgan fingerprint density at radius 1 is 0.297 bits per heavy atom. The van der Waals surface area contributed by atoms with Gasteiger partial charge in [0.15, 0.2) is 0 Å². The predicted molar refractivity (Wildman–Crippen MR) is 308 cm³/mol. The van der Waals surface area contributed by atoms with E-state index in [4.69, 9.17) is 4.74 Å². The van der Waals surface area contributed by atoms with E-state index >= 15 is 4.79 Å². The highest BCUT2D eigenvalue weighted by molar-refractivity contribution is 6.82. The van der Waals surface area contributed by atoms with E-state index < -0.39 is 16.9 Å². The Kier molecular flexibility index (Phi) is 2.46. The van der Waals surface area contributed by atoms with Crippen molar-refractivity contribution in [2.24, 2.45) is 0 Å². The van der Waals surface area contributed by atoms with Crippen LogP contribution in [0, 0.1) is 0 Å². The van der Waals surface area contributed by atoms with Crippen molar-refractivity contribution in [2.45, 2.75) is 30.8 Å². The molecular weight excluding hydrogens is 897 g/mol. The van der Waals surface area contributed by atoms with Gasteiger partial charge in [-0.1, -0.05) is 23.8 Å². The summed E-state index contributed by atoms with van der Waals surface area (Å²) >= 11 is 0. The summed E-state index contributed by atoms with van der Waals surface area (Å²) in [5.74, 6) is -0.193. The lowest BCUT2D eigenvalue weighted by molar-refractivity contribution is -0.0174. The van der Waals surface area contributed by atoms with Crippen LogP contribution in [0.15, 0.2) is 41.5 Å². The number of ether oxygens (including phenoxy) is 1. The van der Waals surface area contributed by atoms with Crippen molar-refractivity contribution >= 4 is 297 Å². The van der Waals surface area contributed by atoms with Gasteiger partial charge in [-0.25, -0.2) is 4.79 Å². The van der Waals surface area contributed by atoms with Crippen LogP contribution in [0.1, 0.15) is 46.5 Å². The maximum absolute atomic E-state index is 15.5.